The molecule has 2 aliphatic heterocycles. The highest BCUT2D eigenvalue weighted by molar-refractivity contribution is 6.02. The van der Waals surface area contributed by atoms with Crippen molar-refractivity contribution in [3.8, 4) is 0 Å². The second-order valence-corrected chi connectivity index (χ2v) is 5.99. The molecule has 2 heterocycles. The first-order valence-corrected chi connectivity index (χ1v) is 8.05. The van der Waals surface area contributed by atoms with Gasteiger partial charge in [0.1, 0.15) is 6.10 Å². The second kappa shape index (κ2) is 6.45. The van der Waals surface area contributed by atoms with Crippen LogP contribution in [0.4, 0.5) is 0 Å². The van der Waals surface area contributed by atoms with Crippen LogP contribution in [-0.4, -0.2) is 34.8 Å². The number of hydrogen-bond donors (Lipinski definition) is 1. The van der Waals surface area contributed by atoms with Crippen LogP contribution >= 0.6 is 0 Å². The van der Waals surface area contributed by atoms with E-state index in [1.165, 1.54) is 0 Å². The standard InChI is InChI=1S/C19H18N2O3/c22-19(17-11-15(20-23-17)13-7-3-1-4-8-13)18-12-16(21-24-18)14-9-5-2-6-10-14/h1-10,17-19,22H,11-12H2/t17-,18+,19?. The SMILES string of the molecule is OC([C@@H]1CC(c2ccccc2)=NO1)[C@H]1CC(c2ccccc2)=NO1. The lowest BCUT2D eigenvalue weighted by atomic mass is 9.96. The Bertz CT molecular complexity index is 693. The summed E-state index contributed by atoms with van der Waals surface area (Å²) in [6, 6.07) is 19.7. The van der Waals surface area contributed by atoms with Crippen LogP contribution < -0.4 is 0 Å². The third-order valence-corrected chi connectivity index (χ3v) is 4.36. The first-order chi connectivity index (χ1) is 11.8. The van der Waals surface area contributed by atoms with Crippen molar-refractivity contribution in [3.63, 3.8) is 0 Å². The van der Waals surface area contributed by atoms with Gasteiger partial charge >= 0.3 is 0 Å². The highest BCUT2D eigenvalue weighted by atomic mass is 16.7. The largest absolute Gasteiger partial charge is 0.389 e. The van der Waals surface area contributed by atoms with E-state index in [9.17, 15) is 5.11 Å². The molecule has 2 aromatic rings. The Balaban J connectivity index is 1.38. The molecule has 0 saturated heterocycles. The molecule has 2 aromatic carbocycles. The van der Waals surface area contributed by atoms with Crippen LogP contribution in [0.3, 0.4) is 0 Å². The number of aliphatic hydroxyl groups excluding tert-OH is 1. The van der Waals surface area contributed by atoms with E-state index in [1.807, 2.05) is 60.7 Å². The van der Waals surface area contributed by atoms with Crippen molar-refractivity contribution in [3.05, 3.63) is 71.8 Å². The van der Waals surface area contributed by atoms with Gasteiger partial charge in [-0.3, -0.25) is 0 Å². The Hall–Kier alpha value is -2.66. The van der Waals surface area contributed by atoms with Crippen LogP contribution in [0.5, 0.6) is 0 Å². The smallest absolute Gasteiger partial charge is 0.162 e. The molecule has 3 atom stereocenters. The zero-order chi connectivity index (χ0) is 16.4. The maximum absolute atomic E-state index is 10.6. The highest BCUT2D eigenvalue weighted by Gasteiger charge is 2.38. The third kappa shape index (κ3) is 2.90. The van der Waals surface area contributed by atoms with Crippen LogP contribution in [0.15, 0.2) is 71.0 Å². The average Bonchev–Trinajstić information content (AvgIpc) is 3.33. The summed E-state index contributed by atoms with van der Waals surface area (Å²) in [4.78, 5) is 10.9. The van der Waals surface area contributed by atoms with E-state index in [4.69, 9.17) is 9.68 Å². The molecule has 0 fully saturated rings. The van der Waals surface area contributed by atoms with Gasteiger partial charge in [-0.15, -0.1) is 0 Å². The normalized spacial score (nSPS) is 23.9. The minimum Gasteiger partial charge on any atom is -0.389 e. The summed E-state index contributed by atoms with van der Waals surface area (Å²) in [6.45, 7) is 0. The molecule has 1 unspecified atom stereocenters. The van der Waals surface area contributed by atoms with Crippen LogP contribution in [0.25, 0.3) is 0 Å². The predicted octanol–water partition coefficient (Wildman–Crippen LogP) is 2.73. The van der Waals surface area contributed by atoms with E-state index in [1.54, 1.807) is 0 Å². The predicted molar refractivity (Wildman–Crippen MR) is 90.9 cm³/mol. The number of rotatable bonds is 4. The van der Waals surface area contributed by atoms with E-state index in [0.717, 1.165) is 22.6 Å². The van der Waals surface area contributed by atoms with E-state index in [-0.39, 0.29) is 0 Å². The van der Waals surface area contributed by atoms with Crippen LogP contribution in [0, 0.1) is 0 Å². The lowest BCUT2D eigenvalue weighted by molar-refractivity contribution is -0.0911. The van der Waals surface area contributed by atoms with Gasteiger partial charge in [0.05, 0.1) is 11.4 Å². The molecule has 1 N–H and O–H groups in total. The van der Waals surface area contributed by atoms with Crippen LogP contribution in [-0.2, 0) is 9.68 Å². The Morgan fingerprint density at radius 3 is 1.58 bits per heavy atom. The van der Waals surface area contributed by atoms with E-state index in [0.29, 0.717) is 12.8 Å². The zero-order valence-electron chi connectivity index (χ0n) is 13.1. The van der Waals surface area contributed by atoms with Gasteiger partial charge in [0, 0.05) is 12.8 Å². The molecular formula is C19H18N2O3. The van der Waals surface area contributed by atoms with Gasteiger partial charge in [-0.1, -0.05) is 71.0 Å². The summed E-state index contributed by atoms with van der Waals surface area (Å²) >= 11 is 0. The van der Waals surface area contributed by atoms with Gasteiger partial charge in [-0.25, -0.2) is 0 Å². The fourth-order valence-corrected chi connectivity index (χ4v) is 3.00. The van der Waals surface area contributed by atoms with Gasteiger partial charge in [0.15, 0.2) is 12.2 Å². The molecule has 0 radical (unpaired) electrons. The molecule has 0 saturated carbocycles. The van der Waals surface area contributed by atoms with Gasteiger partial charge in [-0.05, 0) is 11.1 Å². The number of oxime groups is 2. The van der Waals surface area contributed by atoms with E-state index < -0.39 is 18.3 Å². The number of aliphatic hydroxyl groups is 1. The molecule has 0 bridgehead atoms. The Morgan fingerprint density at radius 2 is 1.17 bits per heavy atom. The van der Waals surface area contributed by atoms with Gasteiger partial charge in [-0.2, -0.15) is 0 Å². The van der Waals surface area contributed by atoms with Crippen molar-refractivity contribution < 1.29 is 14.8 Å². The average molecular weight is 322 g/mol. The molecule has 24 heavy (non-hydrogen) atoms. The zero-order valence-corrected chi connectivity index (χ0v) is 13.1. The maximum Gasteiger partial charge on any atom is 0.162 e. The molecule has 0 aromatic heterocycles. The molecule has 0 spiro atoms. The number of benzene rings is 2. The second-order valence-electron chi connectivity index (χ2n) is 5.99. The molecule has 5 nitrogen and oxygen atoms in total. The van der Waals surface area contributed by atoms with Crippen molar-refractivity contribution in [1.29, 1.82) is 0 Å². The van der Waals surface area contributed by atoms with Crippen molar-refractivity contribution in [2.24, 2.45) is 10.3 Å². The first kappa shape index (κ1) is 14.9. The summed E-state index contributed by atoms with van der Waals surface area (Å²) in [7, 11) is 0. The fraction of sp³-hybridized carbons (Fsp3) is 0.263. The lowest BCUT2D eigenvalue weighted by Crippen LogP contribution is -2.37. The Morgan fingerprint density at radius 1 is 0.750 bits per heavy atom. The molecule has 5 heteroatoms. The van der Waals surface area contributed by atoms with Crippen LogP contribution in [0.2, 0.25) is 0 Å². The minimum absolute atomic E-state index is 0.407. The van der Waals surface area contributed by atoms with E-state index in [2.05, 4.69) is 10.3 Å². The Labute approximate surface area is 140 Å². The van der Waals surface area contributed by atoms with Crippen molar-refractivity contribution in [1.82, 2.24) is 0 Å². The molecule has 4 rings (SSSR count). The Kier molecular flexibility index (Phi) is 4.01. The van der Waals surface area contributed by atoms with Gasteiger partial charge in [0.2, 0.25) is 0 Å². The van der Waals surface area contributed by atoms with Gasteiger partial charge in [0.25, 0.3) is 0 Å². The van der Waals surface area contributed by atoms with E-state index >= 15 is 0 Å². The summed E-state index contributed by atoms with van der Waals surface area (Å²) in [5, 5.41) is 18.8. The van der Waals surface area contributed by atoms with Crippen molar-refractivity contribution >= 4 is 11.4 Å². The molecule has 2 aliphatic rings. The third-order valence-electron chi connectivity index (χ3n) is 4.36. The lowest BCUT2D eigenvalue weighted by Gasteiger charge is -2.20. The van der Waals surface area contributed by atoms with Crippen molar-refractivity contribution in [2.75, 3.05) is 0 Å². The molecule has 0 amide bonds. The summed E-state index contributed by atoms with van der Waals surface area (Å²) in [6.07, 6.45) is -0.469. The highest BCUT2D eigenvalue weighted by Crippen LogP contribution is 2.26. The summed E-state index contributed by atoms with van der Waals surface area (Å²) in [5.74, 6) is 0. The summed E-state index contributed by atoms with van der Waals surface area (Å²) in [5.41, 5.74) is 3.73. The molecule has 122 valence electrons. The summed E-state index contributed by atoms with van der Waals surface area (Å²) < 4.78 is 0. The van der Waals surface area contributed by atoms with Crippen LogP contribution in [0.1, 0.15) is 24.0 Å². The molecular weight excluding hydrogens is 304 g/mol. The topological polar surface area (TPSA) is 63.4 Å². The fourth-order valence-electron chi connectivity index (χ4n) is 3.00. The van der Waals surface area contributed by atoms with Crippen molar-refractivity contribution in [2.45, 2.75) is 31.2 Å². The number of hydrogen-bond acceptors (Lipinski definition) is 5. The maximum atomic E-state index is 10.6. The number of nitrogens with zero attached hydrogens (tertiary/aromatic N) is 2. The quantitative estimate of drug-likeness (QED) is 0.941. The van der Waals surface area contributed by atoms with Gasteiger partial charge < -0.3 is 14.8 Å². The molecule has 0 aliphatic carbocycles. The minimum atomic E-state index is -0.778. The first-order valence-electron chi connectivity index (χ1n) is 8.05. The monoisotopic (exact) mass is 322 g/mol.